The van der Waals surface area contributed by atoms with Crippen LogP contribution in [-0.2, 0) is 0 Å². The van der Waals surface area contributed by atoms with Crippen molar-refractivity contribution < 1.29 is 0 Å². The van der Waals surface area contributed by atoms with Crippen molar-refractivity contribution in [2.75, 3.05) is 0 Å². The molecule has 0 aromatic heterocycles. The van der Waals surface area contributed by atoms with E-state index in [0.29, 0.717) is 20.2 Å². The molecule has 0 spiro atoms. The van der Waals surface area contributed by atoms with Crippen LogP contribution >= 0.6 is 11.8 Å². The van der Waals surface area contributed by atoms with Crippen molar-refractivity contribution in [2.24, 2.45) is 0 Å². The normalized spacial score (nSPS) is 12.5. The summed E-state index contributed by atoms with van der Waals surface area (Å²) in [5, 5.41) is 0.648. The summed E-state index contributed by atoms with van der Waals surface area (Å²) in [7, 11) is 0. The first-order chi connectivity index (χ1) is 8.19. The molecule has 0 heterocycles. The van der Waals surface area contributed by atoms with E-state index in [1.807, 2.05) is 17.8 Å². The summed E-state index contributed by atoms with van der Waals surface area (Å²) in [6, 6.07) is 10.7. The van der Waals surface area contributed by atoms with E-state index in [1.54, 1.807) is 3.80 Å². The molecule has 1 aromatic rings. The van der Waals surface area contributed by atoms with Crippen molar-refractivity contribution in [2.45, 2.75) is 31.3 Å². The van der Waals surface area contributed by atoms with Crippen LogP contribution < -0.4 is 0 Å². The molecule has 0 bridgehead atoms. The molecule has 1 aromatic carbocycles. The molecule has 0 amide bonds. The monoisotopic (exact) mass is 312 g/mol. The van der Waals surface area contributed by atoms with Crippen LogP contribution in [0.25, 0.3) is 5.57 Å². The van der Waals surface area contributed by atoms with E-state index in [9.17, 15) is 0 Å². The van der Waals surface area contributed by atoms with E-state index in [1.165, 1.54) is 11.1 Å². The SMILES string of the molecule is C=CC/C(=C(/SC(C)C)[Se]C)c1ccccc1. The fourth-order valence-electron chi connectivity index (χ4n) is 1.56. The first kappa shape index (κ1) is 14.6. The summed E-state index contributed by atoms with van der Waals surface area (Å²) in [5.74, 6) is 2.30. The van der Waals surface area contributed by atoms with Gasteiger partial charge in [-0.3, -0.25) is 0 Å². The van der Waals surface area contributed by atoms with Gasteiger partial charge in [-0.05, 0) is 0 Å². The molecule has 0 atom stereocenters. The van der Waals surface area contributed by atoms with E-state index in [4.69, 9.17) is 0 Å². The number of hydrogen-bond donors (Lipinski definition) is 0. The first-order valence-electron chi connectivity index (χ1n) is 5.79. The van der Waals surface area contributed by atoms with Crippen LogP contribution in [-0.4, -0.2) is 20.2 Å². The molecule has 0 unspecified atom stereocenters. The number of thioether (sulfide) groups is 1. The molecule has 0 aliphatic rings. The van der Waals surface area contributed by atoms with Gasteiger partial charge in [-0.1, -0.05) is 0 Å². The van der Waals surface area contributed by atoms with E-state index < -0.39 is 0 Å². The van der Waals surface area contributed by atoms with Crippen LogP contribution in [0.15, 0.2) is 46.8 Å². The number of allylic oxidation sites excluding steroid dienone is 2. The van der Waals surface area contributed by atoms with Gasteiger partial charge in [-0.2, -0.15) is 0 Å². The Labute approximate surface area is 116 Å². The van der Waals surface area contributed by atoms with E-state index in [-0.39, 0.29) is 0 Å². The predicted molar refractivity (Wildman–Crippen MR) is 82.5 cm³/mol. The Morgan fingerprint density at radius 3 is 2.47 bits per heavy atom. The van der Waals surface area contributed by atoms with Crippen molar-refractivity contribution in [1.29, 1.82) is 0 Å². The zero-order valence-corrected chi connectivity index (χ0v) is 13.3. The third kappa shape index (κ3) is 4.75. The number of rotatable bonds is 6. The molecule has 1 rings (SSSR count). The third-order valence-electron chi connectivity index (χ3n) is 2.25. The van der Waals surface area contributed by atoms with Crippen LogP contribution in [0, 0.1) is 0 Å². The Balaban J connectivity index is 3.12. The summed E-state index contributed by atoms with van der Waals surface area (Å²) in [6.45, 7) is 8.40. The van der Waals surface area contributed by atoms with E-state index >= 15 is 0 Å². The molecule has 0 aliphatic carbocycles. The quantitative estimate of drug-likeness (QED) is 0.536. The Kier molecular flexibility index (Phi) is 6.72. The second-order valence-corrected chi connectivity index (χ2v) is 7.88. The van der Waals surface area contributed by atoms with E-state index in [2.05, 4.69) is 56.6 Å². The van der Waals surface area contributed by atoms with Crippen LogP contribution in [0.1, 0.15) is 25.8 Å². The second kappa shape index (κ2) is 7.81. The van der Waals surface area contributed by atoms with Gasteiger partial charge in [0.25, 0.3) is 0 Å². The summed E-state index contributed by atoms with van der Waals surface area (Å²) in [4.78, 5) is 0. The molecule has 2 heteroatoms. The van der Waals surface area contributed by atoms with Crippen LogP contribution in [0.2, 0.25) is 5.82 Å². The van der Waals surface area contributed by atoms with Gasteiger partial charge in [0.05, 0.1) is 0 Å². The standard InChI is InChI=1S/C15H20SSe/c1-5-9-14(13-10-7-6-8-11-13)15(17-4)16-12(2)3/h5-8,10-12H,1,9H2,2-4H3/b15-14+. The van der Waals surface area contributed by atoms with Crippen molar-refractivity contribution >= 4 is 32.3 Å². The molecule has 0 saturated carbocycles. The van der Waals surface area contributed by atoms with Gasteiger partial charge in [0, 0.05) is 0 Å². The zero-order valence-electron chi connectivity index (χ0n) is 10.8. The molecular formula is C15H20SSe. The Morgan fingerprint density at radius 2 is 2.00 bits per heavy atom. The van der Waals surface area contributed by atoms with Gasteiger partial charge in [-0.25, -0.2) is 0 Å². The fraction of sp³-hybridized carbons (Fsp3) is 0.333. The van der Waals surface area contributed by atoms with Crippen molar-refractivity contribution in [1.82, 2.24) is 0 Å². The molecular weight excluding hydrogens is 291 g/mol. The van der Waals surface area contributed by atoms with Gasteiger partial charge in [0.1, 0.15) is 0 Å². The summed E-state index contributed by atoms with van der Waals surface area (Å²) in [5.41, 5.74) is 2.81. The predicted octanol–water partition coefficient (Wildman–Crippen LogP) is 4.83. The molecule has 0 radical (unpaired) electrons. The van der Waals surface area contributed by atoms with Gasteiger partial charge in [0.15, 0.2) is 0 Å². The van der Waals surface area contributed by atoms with E-state index in [0.717, 1.165) is 6.42 Å². The minimum absolute atomic E-state index is 0.545. The van der Waals surface area contributed by atoms with Crippen molar-refractivity contribution in [3.8, 4) is 0 Å². The Bertz CT molecular complexity index is 379. The molecule has 0 saturated heterocycles. The van der Waals surface area contributed by atoms with Gasteiger partial charge < -0.3 is 0 Å². The molecule has 17 heavy (non-hydrogen) atoms. The Hall–Kier alpha value is -0.431. The summed E-state index contributed by atoms with van der Waals surface area (Å²) in [6.07, 6.45) is 2.98. The second-order valence-electron chi connectivity index (χ2n) is 4.00. The van der Waals surface area contributed by atoms with Crippen LogP contribution in [0.5, 0.6) is 0 Å². The first-order valence-corrected chi connectivity index (χ1v) is 9.24. The molecule has 0 fully saturated rings. The fourth-order valence-corrected chi connectivity index (χ4v) is 5.18. The maximum atomic E-state index is 3.89. The van der Waals surface area contributed by atoms with Crippen molar-refractivity contribution in [3.05, 3.63) is 52.4 Å². The maximum absolute atomic E-state index is 3.89. The molecule has 92 valence electrons. The topological polar surface area (TPSA) is 0 Å². The van der Waals surface area contributed by atoms with Gasteiger partial charge in [-0.15, -0.1) is 0 Å². The average Bonchev–Trinajstić information content (AvgIpc) is 2.34. The molecule has 0 nitrogen and oxygen atoms in total. The van der Waals surface area contributed by atoms with Gasteiger partial charge >= 0.3 is 116 Å². The third-order valence-corrected chi connectivity index (χ3v) is 5.94. The van der Waals surface area contributed by atoms with Crippen LogP contribution in [0.3, 0.4) is 0 Å². The zero-order chi connectivity index (χ0) is 12.7. The minimum atomic E-state index is 0.545. The molecule has 0 N–H and O–H groups in total. The number of hydrogen-bond acceptors (Lipinski definition) is 1. The van der Waals surface area contributed by atoms with Crippen LogP contribution in [0.4, 0.5) is 0 Å². The number of benzene rings is 1. The van der Waals surface area contributed by atoms with Crippen molar-refractivity contribution in [3.63, 3.8) is 0 Å². The summed E-state index contributed by atoms with van der Waals surface area (Å²) < 4.78 is 1.55. The summed E-state index contributed by atoms with van der Waals surface area (Å²) >= 11 is 2.55. The average molecular weight is 311 g/mol. The molecule has 0 aliphatic heterocycles. The Morgan fingerprint density at radius 1 is 1.35 bits per heavy atom. The van der Waals surface area contributed by atoms with Gasteiger partial charge in [0.2, 0.25) is 0 Å².